The molecule has 4 N–H and O–H groups in total. The number of nitrogen functional groups attached to an aromatic ring is 1. The van der Waals surface area contributed by atoms with Gasteiger partial charge < -0.3 is 15.5 Å². The molecule has 1 saturated heterocycles. The number of nitrogens with one attached hydrogen (secondary N) is 2. The molecule has 1 aromatic rings. The SMILES string of the molecule is NNc1cc(C(=O)NC2CCCOC2)ccc1[N+](=O)[O-]. The van der Waals surface area contributed by atoms with Crippen LogP contribution in [0.3, 0.4) is 0 Å². The van der Waals surface area contributed by atoms with Gasteiger partial charge in [0.2, 0.25) is 0 Å². The predicted octanol–water partition coefficient (Wildman–Crippen LogP) is 0.789. The standard InChI is InChI=1S/C12H16N4O4/c13-15-10-6-8(3-4-11(10)16(18)19)12(17)14-9-2-1-5-20-7-9/h3-4,6,9,15H,1-2,5,7,13H2,(H,14,17). The molecule has 0 bridgehead atoms. The third-order valence-corrected chi connectivity index (χ3v) is 3.11. The van der Waals surface area contributed by atoms with Gasteiger partial charge in [0.25, 0.3) is 11.6 Å². The van der Waals surface area contributed by atoms with Gasteiger partial charge in [0.15, 0.2) is 0 Å². The number of hydrogen-bond acceptors (Lipinski definition) is 6. The fraction of sp³-hybridized carbons (Fsp3) is 0.417. The minimum absolute atomic E-state index is 0.0271. The molecule has 1 atom stereocenters. The highest BCUT2D eigenvalue weighted by atomic mass is 16.6. The molecule has 108 valence electrons. The molecule has 2 rings (SSSR count). The molecule has 1 aliphatic rings. The number of hydrazine groups is 1. The number of carbonyl (C=O) groups excluding carboxylic acids is 1. The average Bonchev–Trinajstić information content (AvgIpc) is 2.47. The molecule has 0 aromatic heterocycles. The summed E-state index contributed by atoms with van der Waals surface area (Å²) in [5.74, 6) is 4.94. The van der Waals surface area contributed by atoms with E-state index in [1.54, 1.807) is 0 Å². The smallest absolute Gasteiger partial charge is 0.293 e. The third-order valence-electron chi connectivity index (χ3n) is 3.11. The van der Waals surface area contributed by atoms with Crippen LogP contribution < -0.4 is 16.6 Å². The number of amides is 1. The molecule has 1 amide bonds. The van der Waals surface area contributed by atoms with Crippen molar-refractivity contribution in [3.63, 3.8) is 0 Å². The van der Waals surface area contributed by atoms with Crippen LogP contribution in [-0.2, 0) is 4.74 Å². The number of nitrogens with zero attached hydrogens (tertiary/aromatic N) is 1. The number of nitrogens with two attached hydrogens (primary N) is 1. The maximum atomic E-state index is 12.1. The van der Waals surface area contributed by atoms with E-state index >= 15 is 0 Å². The van der Waals surface area contributed by atoms with E-state index in [1.807, 2.05) is 0 Å². The molecule has 8 nitrogen and oxygen atoms in total. The second-order valence-corrected chi connectivity index (χ2v) is 4.52. The lowest BCUT2D eigenvalue weighted by molar-refractivity contribution is -0.384. The molecule has 0 spiro atoms. The first-order valence-electron chi connectivity index (χ1n) is 6.25. The quantitative estimate of drug-likeness (QED) is 0.426. The number of nitro groups is 1. The van der Waals surface area contributed by atoms with Crippen molar-refractivity contribution in [2.45, 2.75) is 18.9 Å². The van der Waals surface area contributed by atoms with Crippen LogP contribution in [0.4, 0.5) is 11.4 Å². The van der Waals surface area contributed by atoms with Crippen molar-refractivity contribution in [2.24, 2.45) is 5.84 Å². The van der Waals surface area contributed by atoms with E-state index in [4.69, 9.17) is 10.6 Å². The topological polar surface area (TPSA) is 120 Å². The first-order valence-corrected chi connectivity index (χ1v) is 6.25. The van der Waals surface area contributed by atoms with Crippen molar-refractivity contribution in [3.05, 3.63) is 33.9 Å². The summed E-state index contributed by atoms with van der Waals surface area (Å²) in [4.78, 5) is 22.3. The van der Waals surface area contributed by atoms with Crippen molar-refractivity contribution in [3.8, 4) is 0 Å². The number of benzene rings is 1. The van der Waals surface area contributed by atoms with Crippen LogP contribution in [0.15, 0.2) is 18.2 Å². The summed E-state index contributed by atoms with van der Waals surface area (Å²) >= 11 is 0. The fourth-order valence-electron chi connectivity index (χ4n) is 2.08. The summed E-state index contributed by atoms with van der Waals surface area (Å²) in [6.07, 6.45) is 1.77. The molecule has 1 aliphatic heterocycles. The highest BCUT2D eigenvalue weighted by Crippen LogP contribution is 2.24. The Bertz CT molecular complexity index is 514. The van der Waals surface area contributed by atoms with E-state index in [9.17, 15) is 14.9 Å². The van der Waals surface area contributed by atoms with E-state index in [-0.39, 0.29) is 23.3 Å². The van der Waals surface area contributed by atoms with Crippen molar-refractivity contribution in [2.75, 3.05) is 18.6 Å². The van der Waals surface area contributed by atoms with Gasteiger partial charge in [-0.1, -0.05) is 0 Å². The van der Waals surface area contributed by atoms with Crippen LogP contribution >= 0.6 is 0 Å². The lowest BCUT2D eigenvalue weighted by atomic mass is 10.1. The summed E-state index contributed by atoms with van der Waals surface area (Å²) in [6, 6.07) is 3.98. The molecular weight excluding hydrogens is 264 g/mol. The van der Waals surface area contributed by atoms with Crippen LogP contribution in [0, 0.1) is 10.1 Å². The zero-order chi connectivity index (χ0) is 14.5. The van der Waals surface area contributed by atoms with Crippen molar-refractivity contribution in [1.29, 1.82) is 0 Å². The fourth-order valence-corrected chi connectivity index (χ4v) is 2.08. The van der Waals surface area contributed by atoms with Gasteiger partial charge in [-0.05, 0) is 25.0 Å². The number of rotatable bonds is 4. The molecule has 1 aromatic carbocycles. The van der Waals surface area contributed by atoms with Crippen LogP contribution in [-0.4, -0.2) is 30.1 Å². The van der Waals surface area contributed by atoms with E-state index in [0.717, 1.165) is 12.8 Å². The second-order valence-electron chi connectivity index (χ2n) is 4.52. The molecule has 0 radical (unpaired) electrons. The Morgan fingerprint density at radius 2 is 2.30 bits per heavy atom. The zero-order valence-corrected chi connectivity index (χ0v) is 10.8. The first-order chi connectivity index (χ1) is 9.61. The van der Waals surface area contributed by atoms with Crippen LogP contribution in [0.2, 0.25) is 0 Å². The van der Waals surface area contributed by atoms with E-state index in [2.05, 4.69) is 10.7 Å². The van der Waals surface area contributed by atoms with Crippen molar-refractivity contribution >= 4 is 17.3 Å². The monoisotopic (exact) mass is 280 g/mol. The van der Waals surface area contributed by atoms with E-state index in [1.165, 1.54) is 18.2 Å². The van der Waals surface area contributed by atoms with Crippen LogP contribution in [0.25, 0.3) is 0 Å². The minimum Gasteiger partial charge on any atom is -0.379 e. The number of nitro benzene ring substituents is 1. The Balaban J connectivity index is 2.11. The maximum absolute atomic E-state index is 12.1. The van der Waals surface area contributed by atoms with Crippen LogP contribution in [0.1, 0.15) is 23.2 Å². The van der Waals surface area contributed by atoms with Gasteiger partial charge in [-0.25, -0.2) is 0 Å². The highest BCUT2D eigenvalue weighted by Gasteiger charge is 2.19. The molecule has 1 fully saturated rings. The maximum Gasteiger partial charge on any atom is 0.293 e. The molecule has 1 unspecified atom stereocenters. The number of anilines is 1. The Morgan fingerprint density at radius 1 is 1.50 bits per heavy atom. The van der Waals surface area contributed by atoms with Crippen molar-refractivity contribution in [1.82, 2.24) is 5.32 Å². The first kappa shape index (κ1) is 14.2. The van der Waals surface area contributed by atoms with Gasteiger partial charge in [0.1, 0.15) is 5.69 Å². The molecule has 0 aliphatic carbocycles. The normalized spacial score (nSPS) is 18.4. The van der Waals surface area contributed by atoms with E-state index < -0.39 is 4.92 Å². The van der Waals surface area contributed by atoms with Gasteiger partial charge >= 0.3 is 0 Å². The van der Waals surface area contributed by atoms with Crippen LogP contribution in [0.5, 0.6) is 0 Å². The molecule has 8 heteroatoms. The van der Waals surface area contributed by atoms with Gasteiger partial charge in [-0.2, -0.15) is 0 Å². The average molecular weight is 280 g/mol. The van der Waals surface area contributed by atoms with Gasteiger partial charge in [0, 0.05) is 18.2 Å². The third kappa shape index (κ3) is 3.22. The largest absolute Gasteiger partial charge is 0.379 e. The lowest BCUT2D eigenvalue weighted by Crippen LogP contribution is -2.40. The summed E-state index contributed by atoms with van der Waals surface area (Å²) in [5, 5.41) is 13.6. The highest BCUT2D eigenvalue weighted by molar-refractivity contribution is 5.96. The summed E-state index contributed by atoms with van der Waals surface area (Å²) < 4.78 is 5.28. The Labute approximate surface area is 115 Å². The number of carbonyl (C=O) groups is 1. The van der Waals surface area contributed by atoms with Crippen molar-refractivity contribution < 1.29 is 14.5 Å². The minimum atomic E-state index is -0.564. The molecule has 0 saturated carbocycles. The summed E-state index contributed by atoms with van der Waals surface area (Å²) in [5.41, 5.74) is 2.47. The van der Waals surface area contributed by atoms with Gasteiger partial charge in [-0.3, -0.25) is 20.8 Å². The zero-order valence-electron chi connectivity index (χ0n) is 10.8. The van der Waals surface area contributed by atoms with Gasteiger partial charge in [-0.15, -0.1) is 0 Å². The predicted molar refractivity (Wildman–Crippen MR) is 72.2 cm³/mol. The Morgan fingerprint density at radius 3 is 2.90 bits per heavy atom. The summed E-state index contributed by atoms with van der Waals surface area (Å²) in [6.45, 7) is 1.20. The number of hydrogen-bond donors (Lipinski definition) is 3. The Kier molecular flexibility index (Phi) is 4.49. The molecular formula is C12H16N4O4. The van der Waals surface area contributed by atoms with Gasteiger partial charge in [0.05, 0.1) is 17.6 Å². The summed E-state index contributed by atoms with van der Waals surface area (Å²) in [7, 11) is 0. The lowest BCUT2D eigenvalue weighted by Gasteiger charge is -2.23. The Hall–Kier alpha value is -2.19. The number of ether oxygens (including phenoxy) is 1. The second kappa shape index (κ2) is 6.31. The van der Waals surface area contributed by atoms with E-state index in [0.29, 0.717) is 18.8 Å². The molecule has 20 heavy (non-hydrogen) atoms. The molecule has 1 heterocycles.